The van der Waals surface area contributed by atoms with Crippen LogP contribution in [-0.4, -0.2) is 40.4 Å². The zero-order chi connectivity index (χ0) is 14.1. The Morgan fingerprint density at radius 2 is 2.35 bits per heavy atom. The Bertz CT molecular complexity index is 636. The fourth-order valence-corrected chi connectivity index (χ4v) is 2.73. The van der Waals surface area contributed by atoms with E-state index >= 15 is 0 Å². The molecule has 2 aromatic rings. The summed E-state index contributed by atoms with van der Waals surface area (Å²) in [5.41, 5.74) is 13.7. The highest BCUT2D eigenvalue weighted by Gasteiger charge is 2.26. The lowest BCUT2D eigenvalue weighted by atomic mass is 10.1. The molecule has 0 spiro atoms. The summed E-state index contributed by atoms with van der Waals surface area (Å²) in [6.45, 7) is 2.59. The zero-order valence-corrected chi connectivity index (χ0v) is 11.3. The minimum Gasteiger partial charge on any atom is -0.399 e. The second-order valence-corrected chi connectivity index (χ2v) is 5.40. The first-order valence-electron chi connectivity index (χ1n) is 6.87. The number of hydrogen-bond acceptors (Lipinski definition) is 4. The minimum absolute atomic E-state index is 0.00507. The van der Waals surface area contributed by atoms with Crippen LogP contribution >= 0.6 is 0 Å². The van der Waals surface area contributed by atoms with E-state index in [9.17, 15) is 4.79 Å². The van der Waals surface area contributed by atoms with Gasteiger partial charge in [0.25, 0.3) is 0 Å². The Labute approximate surface area is 117 Å². The number of benzene rings is 1. The molecule has 1 saturated heterocycles. The maximum atomic E-state index is 11.1. The average molecular weight is 273 g/mol. The summed E-state index contributed by atoms with van der Waals surface area (Å²) in [7, 11) is 0. The quantitative estimate of drug-likeness (QED) is 0.706. The van der Waals surface area contributed by atoms with Gasteiger partial charge in [0.15, 0.2) is 0 Å². The normalized spacial score (nSPS) is 19.7. The number of nitrogens with one attached hydrogen (secondary N) is 1. The van der Waals surface area contributed by atoms with Gasteiger partial charge in [0.2, 0.25) is 5.91 Å². The molecule has 2 heterocycles. The van der Waals surface area contributed by atoms with Gasteiger partial charge >= 0.3 is 0 Å². The summed E-state index contributed by atoms with van der Waals surface area (Å²) >= 11 is 0. The number of aromatic nitrogens is 2. The van der Waals surface area contributed by atoms with Crippen LogP contribution in [0.2, 0.25) is 0 Å². The molecule has 0 bridgehead atoms. The third kappa shape index (κ3) is 2.60. The number of nitrogens with zero attached hydrogens (tertiary/aromatic N) is 2. The number of amides is 1. The zero-order valence-electron chi connectivity index (χ0n) is 11.3. The van der Waals surface area contributed by atoms with Gasteiger partial charge in [-0.05, 0) is 31.2 Å². The molecule has 1 aromatic carbocycles. The molecular formula is C14H19N5O. The molecule has 1 atom stereocenters. The van der Waals surface area contributed by atoms with Crippen molar-refractivity contribution in [3.05, 3.63) is 24.0 Å². The number of nitrogens with two attached hydrogens (primary N) is 2. The molecule has 1 aliphatic heterocycles. The number of carbonyl (C=O) groups excluding carboxylic acids is 1. The number of anilines is 1. The molecule has 106 valence electrons. The molecule has 1 unspecified atom stereocenters. The van der Waals surface area contributed by atoms with Crippen molar-refractivity contribution in [1.29, 1.82) is 0 Å². The van der Waals surface area contributed by atoms with Crippen LogP contribution in [0.4, 0.5) is 5.69 Å². The lowest BCUT2D eigenvalue weighted by molar-refractivity contribution is -0.121. The molecule has 0 saturated carbocycles. The summed E-state index contributed by atoms with van der Waals surface area (Å²) in [5, 5.41) is 0. The van der Waals surface area contributed by atoms with E-state index in [1.165, 1.54) is 0 Å². The average Bonchev–Trinajstić information content (AvgIpc) is 3.01. The molecule has 0 radical (unpaired) electrons. The van der Waals surface area contributed by atoms with Crippen molar-refractivity contribution in [2.75, 3.05) is 25.4 Å². The number of primary amides is 1. The van der Waals surface area contributed by atoms with Gasteiger partial charge in [-0.2, -0.15) is 0 Å². The predicted octanol–water partition coefficient (Wildman–Crippen LogP) is 0.495. The van der Waals surface area contributed by atoms with Crippen LogP contribution in [0.1, 0.15) is 12.2 Å². The standard InChI is InChI=1S/C14H19N5O/c15-10-1-2-11-12(7-10)18-13(17-11)4-6-19-5-3-9(8-19)14(16)20/h1-2,7,9H,3-6,8,15H2,(H2,16,20)(H,17,18). The second kappa shape index (κ2) is 5.13. The molecule has 5 N–H and O–H groups in total. The number of fused-ring (bicyclic) bond motifs is 1. The number of H-pyrrole nitrogens is 1. The van der Waals surface area contributed by atoms with Gasteiger partial charge in [-0.1, -0.05) is 0 Å². The highest BCUT2D eigenvalue weighted by Crippen LogP contribution is 2.18. The fraction of sp³-hybridized carbons (Fsp3) is 0.429. The van der Waals surface area contributed by atoms with E-state index in [1.54, 1.807) is 0 Å². The number of nitrogen functional groups attached to an aromatic ring is 1. The summed E-state index contributed by atoms with van der Waals surface area (Å²) in [6.07, 6.45) is 1.70. The Kier molecular flexibility index (Phi) is 3.31. The first-order chi connectivity index (χ1) is 9.61. The Morgan fingerprint density at radius 3 is 3.10 bits per heavy atom. The lowest BCUT2D eigenvalue weighted by Crippen LogP contribution is -2.28. The second-order valence-electron chi connectivity index (χ2n) is 5.40. The third-order valence-corrected chi connectivity index (χ3v) is 3.89. The van der Waals surface area contributed by atoms with E-state index in [4.69, 9.17) is 11.5 Å². The van der Waals surface area contributed by atoms with E-state index in [2.05, 4.69) is 14.9 Å². The third-order valence-electron chi connectivity index (χ3n) is 3.89. The van der Waals surface area contributed by atoms with E-state index < -0.39 is 0 Å². The van der Waals surface area contributed by atoms with Gasteiger partial charge in [0.1, 0.15) is 5.82 Å². The van der Waals surface area contributed by atoms with E-state index in [0.717, 1.165) is 55.0 Å². The molecule has 1 aliphatic rings. The number of aromatic amines is 1. The Morgan fingerprint density at radius 1 is 1.50 bits per heavy atom. The maximum absolute atomic E-state index is 11.1. The van der Waals surface area contributed by atoms with Gasteiger partial charge < -0.3 is 21.4 Å². The van der Waals surface area contributed by atoms with Crippen molar-refractivity contribution in [3.63, 3.8) is 0 Å². The van der Waals surface area contributed by atoms with Crippen LogP contribution in [0.3, 0.4) is 0 Å². The summed E-state index contributed by atoms with van der Waals surface area (Å²) < 4.78 is 0. The summed E-state index contributed by atoms with van der Waals surface area (Å²) in [4.78, 5) is 21.2. The van der Waals surface area contributed by atoms with E-state index in [1.807, 2.05) is 18.2 Å². The highest BCUT2D eigenvalue weighted by atomic mass is 16.1. The first-order valence-corrected chi connectivity index (χ1v) is 6.87. The smallest absolute Gasteiger partial charge is 0.221 e. The minimum atomic E-state index is -0.188. The molecule has 0 aliphatic carbocycles. The SMILES string of the molecule is NC(=O)C1CCN(CCc2nc3ccc(N)cc3[nH]2)C1. The van der Waals surface area contributed by atoms with Crippen molar-refractivity contribution in [3.8, 4) is 0 Å². The number of likely N-dealkylation sites (tertiary alicyclic amines) is 1. The van der Waals surface area contributed by atoms with Crippen LogP contribution in [-0.2, 0) is 11.2 Å². The fourth-order valence-electron chi connectivity index (χ4n) is 2.73. The van der Waals surface area contributed by atoms with Gasteiger partial charge in [-0.3, -0.25) is 4.79 Å². The molecular weight excluding hydrogens is 254 g/mol. The van der Waals surface area contributed by atoms with Gasteiger partial charge in [0, 0.05) is 25.2 Å². The van der Waals surface area contributed by atoms with Crippen molar-refractivity contribution >= 4 is 22.6 Å². The Hall–Kier alpha value is -2.08. The number of hydrogen-bond donors (Lipinski definition) is 3. The van der Waals surface area contributed by atoms with Gasteiger partial charge in [-0.25, -0.2) is 4.98 Å². The predicted molar refractivity (Wildman–Crippen MR) is 78.0 cm³/mol. The van der Waals surface area contributed by atoms with Crippen molar-refractivity contribution in [2.45, 2.75) is 12.8 Å². The largest absolute Gasteiger partial charge is 0.399 e. The number of rotatable bonds is 4. The maximum Gasteiger partial charge on any atom is 0.221 e. The van der Waals surface area contributed by atoms with E-state index in [-0.39, 0.29) is 11.8 Å². The van der Waals surface area contributed by atoms with Gasteiger partial charge in [0.05, 0.1) is 17.0 Å². The number of carbonyl (C=O) groups is 1. The topological polar surface area (TPSA) is 101 Å². The van der Waals surface area contributed by atoms with Gasteiger partial charge in [-0.15, -0.1) is 0 Å². The van der Waals surface area contributed by atoms with Crippen LogP contribution in [0.25, 0.3) is 11.0 Å². The highest BCUT2D eigenvalue weighted by molar-refractivity contribution is 5.78. The van der Waals surface area contributed by atoms with E-state index in [0.29, 0.717) is 0 Å². The Balaban J connectivity index is 1.61. The molecule has 1 aromatic heterocycles. The molecule has 1 fully saturated rings. The van der Waals surface area contributed by atoms with Crippen molar-refractivity contribution in [2.24, 2.45) is 11.7 Å². The van der Waals surface area contributed by atoms with Crippen molar-refractivity contribution in [1.82, 2.24) is 14.9 Å². The first kappa shape index (κ1) is 12.9. The molecule has 3 rings (SSSR count). The van der Waals surface area contributed by atoms with Crippen LogP contribution in [0.15, 0.2) is 18.2 Å². The van der Waals surface area contributed by atoms with Crippen LogP contribution in [0.5, 0.6) is 0 Å². The molecule has 6 heteroatoms. The molecule has 6 nitrogen and oxygen atoms in total. The lowest BCUT2D eigenvalue weighted by Gasteiger charge is -2.13. The monoisotopic (exact) mass is 273 g/mol. The number of imidazole rings is 1. The van der Waals surface area contributed by atoms with Crippen molar-refractivity contribution < 1.29 is 4.79 Å². The molecule has 1 amide bonds. The summed E-state index contributed by atoms with van der Waals surface area (Å²) in [6, 6.07) is 5.67. The van der Waals surface area contributed by atoms with Crippen LogP contribution in [0, 0.1) is 5.92 Å². The van der Waals surface area contributed by atoms with Crippen LogP contribution < -0.4 is 11.5 Å². The molecule has 20 heavy (non-hydrogen) atoms. The summed E-state index contributed by atoms with van der Waals surface area (Å²) in [5.74, 6) is 0.769.